The monoisotopic (exact) mass is 443 g/mol. The van der Waals surface area contributed by atoms with Crippen molar-refractivity contribution >= 4 is 28.2 Å². The van der Waals surface area contributed by atoms with E-state index in [1.54, 1.807) is 12.1 Å². The third kappa shape index (κ3) is 5.58. The number of nitrogens with one attached hydrogen (secondary N) is 2. The van der Waals surface area contributed by atoms with Crippen LogP contribution < -0.4 is 29.6 Å². The molecule has 8 nitrogen and oxygen atoms in total. The highest BCUT2D eigenvalue weighted by Crippen LogP contribution is 2.40. The van der Waals surface area contributed by atoms with Gasteiger partial charge in [0.05, 0.1) is 39.3 Å². The molecule has 0 aliphatic heterocycles. The Morgan fingerprint density at radius 2 is 1.68 bits per heavy atom. The number of thiazole rings is 1. The molecule has 1 aromatic heterocycles. The molecule has 0 bridgehead atoms. The van der Waals surface area contributed by atoms with E-state index in [1.165, 1.54) is 32.7 Å². The highest BCUT2D eigenvalue weighted by Gasteiger charge is 2.15. The zero-order valence-electron chi connectivity index (χ0n) is 17.9. The summed E-state index contributed by atoms with van der Waals surface area (Å²) >= 11 is 1.34. The number of rotatable bonds is 9. The molecular weight excluding hydrogens is 418 g/mol. The van der Waals surface area contributed by atoms with Gasteiger partial charge in [-0.3, -0.25) is 5.32 Å². The molecule has 0 saturated carbocycles. The zero-order chi connectivity index (χ0) is 22.2. The summed E-state index contributed by atoms with van der Waals surface area (Å²) in [6.45, 7) is 2.75. The number of methoxy groups -OCH3 is 3. The molecule has 0 aliphatic carbocycles. The maximum absolute atomic E-state index is 12.4. The van der Waals surface area contributed by atoms with Gasteiger partial charge in [-0.2, -0.15) is 0 Å². The van der Waals surface area contributed by atoms with Crippen molar-refractivity contribution in [3.8, 4) is 34.3 Å². The first-order chi connectivity index (χ1) is 15.1. The Bertz CT molecular complexity index is 995. The summed E-state index contributed by atoms with van der Waals surface area (Å²) < 4.78 is 21.5. The van der Waals surface area contributed by atoms with Gasteiger partial charge in [0.15, 0.2) is 16.6 Å². The number of amides is 2. The molecule has 3 rings (SSSR count). The van der Waals surface area contributed by atoms with Gasteiger partial charge in [-0.25, -0.2) is 9.78 Å². The molecule has 9 heteroatoms. The average molecular weight is 444 g/mol. The summed E-state index contributed by atoms with van der Waals surface area (Å²) in [6.07, 6.45) is 0.959. The van der Waals surface area contributed by atoms with Crippen LogP contribution in [0.5, 0.6) is 23.0 Å². The van der Waals surface area contributed by atoms with E-state index in [1.807, 2.05) is 29.6 Å². The molecule has 0 saturated heterocycles. The third-order valence-electron chi connectivity index (χ3n) is 4.27. The molecule has 0 fully saturated rings. The van der Waals surface area contributed by atoms with Gasteiger partial charge in [-0.1, -0.05) is 6.92 Å². The first kappa shape index (κ1) is 22.2. The lowest BCUT2D eigenvalue weighted by Gasteiger charge is -2.14. The van der Waals surface area contributed by atoms with E-state index in [2.05, 4.69) is 22.5 Å². The van der Waals surface area contributed by atoms with Crippen molar-refractivity contribution in [3.63, 3.8) is 0 Å². The molecule has 0 spiro atoms. The van der Waals surface area contributed by atoms with Crippen LogP contribution in [0.2, 0.25) is 0 Å². The number of carbonyl (C=O) groups is 1. The molecule has 2 amide bonds. The predicted octanol–water partition coefficient (Wildman–Crippen LogP) is 5.27. The largest absolute Gasteiger partial charge is 0.494 e. The van der Waals surface area contributed by atoms with E-state index in [-0.39, 0.29) is 0 Å². The number of ether oxygens (including phenoxy) is 4. The fraction of sp³-hybridized carbons (Fsp3) is 0.273. The Kier molecular flexibility index (Phi) is 7.55. The second-order valence-electron chi connectivity index (χ2n) is 6.40. The van der Waals surface area contributed by atoms with Crippen molar-refractivity contribution in [3.05, 3.63) is 41.8 Å². The van der Waals surface area contributed by atoms with Gasteiger partial charge in [-0.05, 0) is 30.7 Å². The van der Waals surface area contributed by atoms with Crippen molar-refractivity contribution in [2.75, 3.05) is 38.6 Å². The van der Waals surface area contributed by atoms with Crippen molar-refractivity contribution in [1.82, 2.24) is 4.98 Å². The lowest BCUT2D eigenvalue weighted by molar-refractivity contribution is 0.262. The summed E-state index contributed by atoms with van der Waals surface area (Å²) in [5, 5.41) is 7.86. The standard InChI is InChI=1S/C22H25N3O5S/c1-5-10-30-16-8-6-14(7-9-16)17-13-31-22(24-17)25-21(26)23-15-11-18(27-2)20(29-4)19(12-15)28-3/h6-9,11-13H,5,10H2,1-4H3,(H2,23,24,25,26). The highest BCUT2D eigenvalue weighted by atomic mass is 32.1. The minimum atomic E-state index is -0.432. The topological polar surface area (TPSA) is 90.9 Å². The minimum Gasteiger partial charge on any atom is -0.494 e. The van der Waals surface area contributed by atoms with E-state index in [0.29, 0.717) is 34.7 Å². The highest BCUT2D eigenvalue weighted by molar-refractivity contribution is 7.14. The number of hydrogen-bond acceptors (Lipinski definition) is 7. The Balaban J connectivity index is 1.66. The van der Waals surface area contributed by atoms with Crippen LogP contribution in [0.25, 0.3) is 11.3 Å². The average Bonchev–Trinajstić information content (AvgIpc) is 3.25. The lowest BCUT2D eigenvalue weighted by Crippen LogP contribution is -2.19. The molecular formula is C22H25N3O5S. The second-order valence-corrected chi connectivity index (χ2v) is 7.26. The van der Waals surface area contributed by atoms with Gasteiger partial charge in [0, 0.05) is 23.1 Å². The molecule has 0 atom stereocenters. The van der Waals surface area contributed by atoms with Crippen LogP contribution >= 0.6 is 11.3 Å². The van der Waals surface area contributed by atoms with Gasteiger partial charge in [0.1, 0.15) is 5.75 Å². The fourth-order valence-electron chi connectivity index (χ4n) is 2.82. The van der Waals surface area contributed by atoms with Crippen LogP contribution in [-0.2, 0) is 0 Å². The second kappa shape index (κ2) is 10.5. The summed E-state index contributed by atoms with van der Waals surface area (Å²) in [6, 6.07) is 10.6. The summed E-state index contributed by atoms with van der Waals surface area (Å²) in [7, 11) is 4.55. The van der Waals surface area contributed by atoms with Crippen LogP contribution in [0.1, 0.15) is 13.3 Å². The van der Waals surface area contributed by atoms with Crippen molar-refractivity contribution in [1.29, 1.82) is 0 Å². The molecule has 3 aromatic rings. The molecule has 31 heavy (non-hydrogen) atoms. The van der Waals surface area contributed by atoms with Crippen molar-refractivity contribution in [2.45, 2.75) is 13.3 Å². The molecule has 0 aliphatic rings. The maximum atomic E-state index is 12.4. The van der Waals surface area contributed by atoms with Gasteiger partial charge in [-0.15, -0.1) is 11.3 Å². The van der Waals surface area contributed by atoms with Crippen molar-refractivity contribution < 1.29 is 23.7 Å². The summed E-state index contributed by atoms with van der Waals surface area (Å²) in [4.78, 5) is 16.9. The van der Waals surface area contributed by atoms with Crippen LogP contribution in [0.3, 0.4) is 0 Å². The molecule has 164 valence electrons. The van der Waals surface area contributed by atoms with E-state index >= 15 is 0 Å². The molecule has 0 radical (unpaired) electrons. The predicted molar refractivity (Wildman–Crippen MR) is 122 cm³/mol. The summed E-state index contributed by atoms with van der Waals surface area (Å²) in [5.41, 5.74) is 2.21. The molecule has 1 heterocycles. The first-order valence-electron chi connectivity index (χ1n) is 9.64. The molecule has 2 N–H and O–H groups in total. The number of urea groups is 1. The van der Waals surface area contributed by atoms with E-state index in [0.717, 1.165) is 23.4 Å². The Labute approximate surface area is 185 Å². The van der Waals surface area contributed by atoms with Crippen molar-refractivity contribution in [2.24, 2.45) is 0 Å². The van der Waals surface area contributed by atoms with Crippen LogP contribution in [0.4, 0.5) is 15.6 Å². The smallest absolute Gasteiger partial charge is 0.325 e. The van der Waals surface area contributed by atoms with E-state index in [4.69, 9.17) is 18.9 Å². The van der Waals surface area contributed by atoms with Gasteiger partial charge in [0.25, 0.3) is 0 Å². The van der Waals surface area contributed by atoms with Gasteiger partial charge < -0.3 is 24.3 Å². The molecule has 2 aromatic carbocycles. The first-order valence-corrected chi connectivity index (χ1v) is 10.5. The fourth-order valence-corrected chi connectivity index (χ4v) is 3.53. The molecule has 0 unspecified atom stereocenters. The number of aromatic nitrogens is 1. The SMILES string of the molecule is CCCOc1ccc(-c2csc(NC(=O)Nc3cc(OC)c(OC)c(OC)c3)n2)cc1. The van der Waals surface area contributed by atoms with Crippen LogP contribution in [0, 0.1) is 0 Å². The number of carbonyl (C=O) groups excluding carboxylic acids is 1. The summed E-state index contributed by atoms with van der Waals surface area (Å²) in [5.74, 6) is 2.16. The maximum Gasteiger partial charge on any atom is 0.325 e. The number of nitrogens with zero attached hydrogens (tertiary/aromatic N) is 1. The number of anilines is 2. The number of hydrogen-bond donors (Lipinski definition) is 2. The van der Waals surface area contributed by atoms with Crippen LogP contribution in [-0.4, -0.2) is 39.0 Å². The Hall–Kier alpha value is -3.46. The Morgan fingerprint density at radius 3 is 2.26 bits per heavy atom. The normalized spacial score (nSPS) is 10.3. The quantitative estimate of drug-likeness (QED) is 0.468. The van der Waals surface area contributed by atoms with Crippen LogP contribution in [0.15, 0.2) is 41.8 Å². The van der Waals surface area contributed by atoms with Gasteiger partial charge >= 0.3 is 6.03 Å². The zero-order valence-corrected chi connectivity index (χ0v) is 18.7. The van der Waals surface area contributed by atoms with E-state index < -0.39 is 6.03 Å². The Morgan fingerprint density at radius 1 is 1.00 bits per heavy atom. The van der Waals surface area contributed by atoms with E-state index in [9.17, 15) is 4.79 Å². The lowest BCUT2D eigenvalue weighted by atomic mass is 10.2. The van der Waals surface area contributed by atoms with Gasteiger partial charge in [0.2, 0.25) is 5.75 Å². The third-order valence-corrected chi connectivity index (χ3v) is 5.03. The minimum absolute atomic E-state index is 0.432. The number of benzene rings is 2.